The van der Waals surface area contributed by atoms with Crippen LogP contribution in [0, 0.1) is 35.0 Å². The standard InChI is InChI=1S/C28H25F5O/c1-3-5-17-7-8-18(14-23(17)29)19-9-10-20(26(31)25(19)30)21-11-12-22(28(33)27(21)32)24-13-6-16(4-2)15-34-24/h4,7-12,14,16,24H,2-3,5-6,13,15H2,1H3. The zero-order valence-electron chi connectivity index (χ0n) is 18.8. The fourth-order valence-corrected chi connectivity index (χ4v) is 4.39. The average molecular weight is 472 g/mol. The molecule has 2 unspecified atom stereocenters. The van der Waals surface area contributed by atoms with E-state index in [0.29, 0.717) is 25.0 Å². The third-order valence-electron chi connectivity index (χ3n) is 6.36. The van der Waals surface area contributed by atoms with E-state index in [1.54, 1.807) is 6.08 Å². The zero-order chi connectivity index (χ0) is 24.4. The minimum absolute atomic E-state index is 0.0453. The van der Waals surface area contributed by atoms with Gasteiger partial charge in [-0.25, -0.2) is 22.0 Å². The number of rotatable bonds is 6. The van der Waals surface area contributed by atoms with Gasteiger partial charge >= 0.3 is 0 Å². The summed E-state index contributed by atoms with van der Waals surface area (Å²) < 4.78 is 79.8. The lowest BCUT2D eigenvalue weighted by molar-refractivity contribution is -0.00732. The Kier molecular flexibility index (Phi) is 7.17. The molecular weight excluding hydrogens is 447 g/mol. The second-order valence-corrected chi connectivity index (χ2v) is 8.57. The fourth-order valence-electron chi connectivity index (χ4n) is 4.39. The maximum atomic E-state index is 15.0. The van der Waals surface area contributed by atoms with E-state index in [4.69, 9.17) is 4.74 Å². The lowest BCUT2D eigenvalue weighted by Crippen LogP contribution is -2.20. The van der Waals surface area contributed by atoms with Crippen LogP contribution in [-0.2, 0) is 11.2 Å². The van der Waals surface area contributed by atoms with Gasteiger partial charge < -0.3 is 4.74 Å². The van der Waals surface area contributed by atoms with E-state index in [0.717, 1.165) is 18.9 Å². The first-order valence-electron chi connectivity index (χ1n) is 11.3. The molecule has 0 spiro atoms. The second-order valence-electron chi connectivity index (χ2n) is 8.57. The number of hydrogen-bond acceptors (Lipinski definition) is 1. The zero-order valence-corrected chi connectivity index (χ0v) is 18.8. The van der Waals surface area contributed by atoms with Gasteiger partial charge in [-0.05, 0) is 36.5 Å². The smallest absolute Gasteiger partial charge is 0.167 e. The molecule has 0 radical (unpaired) electrons. The molecule has 1 saturated heterocycles. The Morgan fingerprint density at radius 1 is 0.853 bits per heavy atom. The van der Waals surface area contributed by atoms with Gasteiger partial charge in [0.15, 0.2) is 23.3 Å². The van der Waals surface area contributed by atoms with Crippen molar-refractivity contribution < 1.29 is 26.7 Å². The Balaban J connectivity index is 1.66. The first-order chi connectivity index (χ1) is 16.3. The van der Waals surface area contributed by atoms with Crippen molar-refractivity contribution in [3.05, 3.63) is 95.3 Å². The highest BCUT2D eigenvalue weighted by Crippen LogP contribution is 2.38. The van der Waals surface area contributed by atoms with Crippen molar-refractivity contribution in [1.29, 1.82) is 0 Å². The van der Waals surface area contributed by atoms with E-state index >= 15 is 0 Å². The highest BCUT2D eigenvalue weighted by Gasteiger charge is 2.27. The summed E-state index contributed by atoms with van der Waals surface area (Å²) in [5, 5.41) is 0. The van der Waals surface area contributed by atoms with Crippen molar-refractivity contribution in [3.63, 3.8) is 0 Å². The largest absolute Gasteiger partial charge is 0.373 e. The summed E-state index contributed by atoms with van der Waals surface area (Å²) >= 11 is 0. The number of hydrogen-bond donors (Lipinski definition) is 0. The molecule has 4 rings (SSSR count). The molecule has 0 aromatic heterocycles. The molecule has 34 heavy (non-hydrogen) atoms. The first kappa shape index (κ1) is 24.1. The van der Waals surface area contributed by atoms with Gasteiger partial charge in [-0.3, -0.25) is 0 Å². The van der Waals surface area contributed by atoms with Crippen molar-refractivity contribution in [2.24, 2.45) is 5.92 Å². The summed E-state index contributed by atoms with van der Waals surface area (Å²) in [5.41, 5.74) is -0.271. The van der Waals surface area contributed by atoms with Crippen molar-refractivity contribution >= 4 is 0 Å². The summed E-state index contributed by atoms with van der Waals surface area (Å²) in [7, 11) is 0. The predicted molar refractivity (Wildman–Crippen MR) is 123 cm³/mol. The molecule has 1 aliphatic rings. The van der Waals surface area contributed by atoms with E-state index in [-0.39, 0.29) is 22.6 Å². The molecule has 0 bridgehead atoms. The van der Waals surface area contributed by atoms with Crippen LogP contribution in [0.25, 0.3) is 22.3 Å². The van der Waals surface area contributed by atoms with E-state index in [2.05, 4.69) is 6.58 Å². The Labute approximate surface area is 195 Å². The average Bonchev–Trinajstić information content (AvgIpc) is 2.84. The summed E-state index contributed by atoms with van der Waals surface area (Å²) in [6.07, 6.45) is 3.66. The molecule has 1 aliphatic heterocycles. The van der Waals surface area contributed by atoms with Crippen LogP contribution in [0.1, 0.15) is 43.4 Å². The van der Waals surface area contributed by atoms with E-state index in [1.165, 1.54) is 36.4 Å². The summed E-state index contributed by atoms with van der Waals surface area (Å²) in [6.45, 7) is 5.99. The van der Waals surface area contributed by atoms with Gasteiger partial charge in [0.05, 0.1) is 12.7 Å². The monoisotopic (exact) mass is 472 g/mol. The maximum Gasteiger partial charge on any atom is 0.167 e. The quantitative estimate of drug-likeness (QED) is 0.259. The third kappa shape index (κ3) is 4.51. The first-order valence-corrected chi connectivity index (χ1v) is 11.3. The molecule has 1 nitrogen and oxygen atoms in total. The van der Waals surface area contributed by atoms with Crippen LogP contribution < -0.4 is 0 Å². The van der Waals surface area contributed by atoms with Crippen molar-refractivity contribution in [1.82, 2.24) is 0 Å². The molecule has 0 saturated carbocycles. The van der Waals surface area contributed by atoms with Crippen LogP contribution in [0.4, 0.5) is 22.0 Å². The molecule has 3 aromatic rings. The summed E-state index contributed by atoms with van der Waals surface area (Å²) in [4.78, 5) is 0. The summed E-state index contributed by atoms with van der Waals surface area (Å²) in [5.74, 6) is -5.34. The van der Waals surface area contributed by atoms with Crippen molar-refractivity contribution in [2.45, 2.75) is 38.7 Å². The highest BCUT2D eigenvalue weighted by molar-refractivity contribution is 5.72. The molecule has 2 atom stereocenters. The number of halogens is 5. The molecule has 0 amide bonds. The minimum atomic E-state index is -1.33. The molecule has 178 valence electrons. The predicted octanol–water partition coefficient (Wildman–Crippen LogP) is 8.32. The Hall–Kier alpha value is -2.99. The highest BCUT2D eigenvalue weighted by atomic mass is 19.2. The molecule has 0 aliphatic carbocycles. The van der Waals surface area contributed by atoms with Gasteiger partial charge in [0, 0.05) is 28.2 Å². The maximum absolute atomic E-state index is 15.0. The van der Waals surface area contributed by atoms with Crippen LogP contribution in [0.2, 0.25) is 0 Å². The summed E-state index contributed by atoms with van der Waals surface area (Å²) in [6, 6.07) is 9.20. The van der Waals surface area contributed by atoms with E-state index in [1.807, 2.05) is 6.92 Å². The Morgan fingerprint density at radius 3 is 2.12 bits per heavy atom. The van der Waals surface area contributed by atoms with Crippen molar-refractivity contribution in [2.75, 3.05) is 6.61 Å². The Morgan fingerprint density at radius 2 is 1.50 bits per heavy atom. The van der Waals surface area contributed by atoms with Crippen LogP contribution in [0.5, 0.6) is 0 Å². The molecule has 1 heterocycles. The topological polar surface area (TPSA) is 9.23 Å². The van der Waals surface area contributed by atoms with Crippen LogP contribution in [0.3, 0.4) is 0 Å². The fraction of sp³-hybridized carbons (Fsp3) is 0.286. The number of ether oxygens (including phenoxy) is 1. The Bertz CT molecular complexity index is 1210. The molecule has 3 aromatic carbocycles. The molecular formula is C28H25F5O. The number of aryl methyl sites for hydroxylation is 1. The minimum Gasteiger partial charge on any atom is -0.373 e. The molecule has 1 fully saturated rings. The number of benzene rings is 3. The lowest BCUT2D eigenvalue weighted by Gasteiger charge is -2.28. The van der Waals surface area contributed by atoms with Gasteiger partial charge in [-0.1, -0.05) is 55.8 Å². The van der Waals surface area contributed by atoms with E-state index in [9.17, 15) is 22.0 Å². The van der Waals surface area contributed by atoms with Crippen LogP contribution >= 0.6 is 0 Å². The normalized spacial score (nSPS) is 18.2. The van der Waals surface area contributed by atoms with Gasteiger partial charge in [-0.15, -0.1) is 6.58 Å². The second kappa shape index (κ2) is 10.1. The van der Waals surface area contributed by atoms with Crippen molar-refractivity contribution in [3.8, 4) is 22.3 Å². The van der Waals surface area contributed by atoms with Gasteiger partial charge in [0.1, 0.15) is 5.82 Å². The van der Waals surface area contributed by atoms with Gasteiger partial charge in [0.25, 0.3) is 0 Å². The third-order valence-corrected chi connectivity index (χ3v) is 6.36. The SMILES string of the molecule is C=CC1CCC(c2ccc(-c3ccc(-c4ccc(CCC)c(F)c4)c(F)c3F)c(F)c2F)OC1. The van der Waals surface area contributed by atoms with Gasteiger partial charge in [-0.2, -0.15) is 0 Å². The van der Waals surface area contributed by atoms with Crippen LogP contribution in [-0.4, -0.2) is 6.61 Å². The lowest BCUT2D eigenvalue weighted by atomic mass is 9.92. The molecule has 0 N–H and O–H groups in total. The van der Waals surface area contributed by atoms with Crippen LogP contribution in [0.15, 0.2) is 55.1 Å². The van der Waals surface area contributed by atoms with E-state index < -0.39 is 46.3 Å². The van der Waals surface area contributed by atoms with Gasteiger partial charge in [0.2, 0.25) is 0 Å². The molecule has 6 heteroatoms.